The largest absolute Gasteiger partial charge is 0.299 e. The monoisotopic (exact) mass is 195 g/mol. The Morgan fingerprint density at radius 2 is 1.64 bits per heavy atom. The summed E-state index contributed by atoms with van der Waals surface area (Å²) in [6.45, 7) is 8.74. The van der Waals surface area contributed by atoms with Gasteiger partial charge in [0.2, 0.25) is 0 Å². The van der Waals surface area contributed by atoms with Gasteiger partial charge >= 0.3 is 0 Å². The average molecular weight is 195 g/mol. The van der Waals surface area contributed by atoms with Gasteiger partial charge in [0.15, 0.2) is 0 Å². The van der Waals surface area contributed by atoms with Crippen molar-refractivity contribution in [3.63, 3.8) is 0 Å². The summed E-state index contributed by atoms with van der Waals surface area (Å²) in [4.78, 5) is 14.3. The number of likely N-dealkylation sites (tertiary alicyclic amines) is 1. The number of hydrogen-bond donors (Lipinski definition) is 0. The lowest BCUT2D eigenvalue weighted by atomic mass is 9.75. The van der Waals surface area contributed by atoms with E-state index in [1.807, 2.05) is 0 Å². The van der Waals surface area contributed by atoms with Crippen molar-refractivity contribution in [1.82, 2.24) is 4.90 Å². The number of carbonyl (C=O) groups excluding carboxylic acids is 1. The summed E-state index contributed by atoms with van der Waals surface area (Å²) in [5.41, 5.74) is 0.231. The van der Waals surface area contributed by atoms with Gasteiger partial charge in [-0.2, -0.15) is 0 Å². The molecule has 1 heterocycles. The Morgan fingerprint density at radius 1 is 1.14 bits per heavy atom. The van der Waals surface area contributed by atoms with Crippen molar-refractivity contribution in [2.24, 2.45) is 11.8 Å². The van der Waals surface area contributed by atoms with Gasteiger partial charge in [-0.05, 0) is 33.6 Å². The fourth-order valence-electron chi connectivity index (χ4n) is 2.75. The molecule has 2 bridgehead atoms. The Morgan fingerprint density at radius 3 is 2.07 bits per heavy atom. The molecule has 0 amide bonds. The molecule has 2 atom stereocenters. The van der Waals surface area contributed by atoms with Crippen molar-refractivity contribution in [2.75, 3.05) is 13.1 Å². The highest BCUT2D eigenvalue weighted by Gasteiger charge is 2.40. The first-order chi connectivity index (χ1) is 6.48. The van der Waals surface area contributed by atoms with E-state index in [9.17, 15) is 4.79 Å². The van der Waals surface area contributed by atoms with Gasteiger partial charge in [-0.3, -0.25) is 9.69 Å². The summed E-state index contributed by atoms with van der Waals surface area (Å²) in [6, 6.07) is 0. The first kappa shape index (κ1) is 10.2. The van der Waals surface area contributed by atoms with Crippen LogP contribution >= 0.6 is 0 Å². The standard InChI is InChI=1S/C12H21NO/c1-12(2,3)13-7-9-5-4-6-10(8-13)11(9)14/h9-10H,4-8H2,1-3H3/t9-,10?/m0/s1. The second kappa shape index (κ2) is 3.34. The van der Waals surface area contributed by atoms with E-state index in [-0.39, 0.29) is 5.54 Å². The minimum absolute atomic E-state index is 0.231. The van der Waals surface area contributed by atoms with Crippen LogP contribution in [0.4, 0.5) is 0 Å². The van der Waals surface area contributed by atoms with E-state index in [0.717, 1.165) is 25.9 Å². The number of hydrogen-bond acceptors (Lipinski definition) is 2. The predicted molar refractivity (Wildman–Crippen MR) is 57.2 cm³/mol. The molecule has 1 aliphatic carbocycles. The molecular formula is C12H21NO. The second-order valence-electron chi connectivity index (χ2n) is 5.80. The summed E-state index contributed by atoms with van der Waals surface area (Å²) in [5, 5.41) is 0. The van der Waals surface area contributed by atoms with Crippen LogP contribution in [0.2, 0.25) is 0 Å². The molecule has 2 rings (SSSR count). The molecule has 2 aliphatic rings. The van der Waals surface area contributed by atoms with Crippen molar-refractivity contribution in [1.29, 1.82) is 0 Å². The maximum atomic E-state index is 11.9. The molecular weight excluding hydrogens is 174 g/mol. The molecule has 2 fully saturated rings. The summed E-state index contributed by atoms with van der Waals surface area (Å²) >= 11 is 0. The van der Waals surface area contributed by atoms with Gasteiger partial charge in [0.05, 0.1) is 0 Å². The maximum Gasteiger partial charge on any atom is 0.141 e. The van der Waals surface area contributed by atoms with Crippen LogP contribution in [0.25, 0.3) is 0 Å². The van der Waals surface area contributed by atoms with Gasteiger partial charge in [-0.25, -0.2) is 0 Å². The number of fused-ring (bicyclic) bond motifs is 2. The van der Waals surface area contributed by atoms with Gasteiger partial charge in [0.25, 0.3) is 0 Å². The highest BCUT2D eigenvalue weighted by Crippen LogP contribution is 2.34. The van der Waals surface area contributed by atoms with Gasteiger partial charge in [0.1, 0.15) is 5.78 Å². The van der Waals surface area contributed by atoms with Crippen LogP contribution in [-0.4, -0.2) is 29.3 Å². The molecule has 1 unspecified atom stereocenters. The average Bonchev–Trinajstić information content (AvgIpc) is 2.00. The first-order valence-corrected chi connectivity index (χ1v) is 5.77. The van der Waals surface area contributed by atoms with E-state index in [0.29, 0.717) is 17.6 Å². The minimum Gasteiger partial charge on any atom is -0.299 e. The van der Waals surface area contributed by atoms with E-state index in [1.165, 1.54) is 6.42 Å². The van der Waals surface area contributed by atoms with Crippen molar-refractivity contribution in [3.8, 4) is 0 Å². The molecule has 0 aromatic carbocycles. The molecule has 1 aliphatic heterocycles. The van der Waals surface area contributed by atoms with Crippen molar-refractivity contribution in [3.05, 3.63) is 0 Å². The van der Waals surface area contributed by atoms with Crippen LogP contribution in [0.5, 0.6) is 0 Å². The molecule has 0 aromatic heterocycles. The van der Waals surface area contributed by atoms with Crippen molar-refractivity contribution < 1.29 is 4.79 Å². The van der Waals surface area contributed by atoms with Crippen LogP contribution in [0.1, 0.15) is 40.0 Å². The van der Waals surface area contributed by atoms with Crippen LogP contribution < -0.4 is 0 Å². The third kappa shape index (κ3) is 1.72. The highest BCUT2D eigenvalue weighted by atomic mass is 16.1. The maximum absolute atomic E-state index is 11.9. The number of ketones is 1. The number of piperidine rings is 1. The third-order valence-corrected chi connectivity index (χ3v) is 3.74. The first-order valence-electron chi connectivity index (χ1n) is 5.77. The van der Waals surface area contributed by atoms with Gasteiger partial charge in [-0.15, -0.1) is 0 Å². The lowest BCUT2D eigenvalue weighted by Crippen LogP contribution is -2.55. The summed E-state index contributed by atoms with van der Waals surface area (Å²) in [5.74, 6) is 1.25. The topological polar surface area (TPSA) is 20.3 Å². The second-order valence-corrected chi connectivity index (χ2v) is 5.80. The third-order valence-electron chi connectivity index (χ3n) is 3.74. The molecule has 80 valence electrons. The Hall–Kier alpha value is -0.370. The van der Waals surface area contributed by atoms with Crippen LogP contribution in [0.15, 0.2) is 0 Å². The lowest BCUT2D eigenvalue weighted by Gasteiger charge is -2.46. The predicted octanol–water partition coefficient (Wildman–Crippen LogP) is 2.09. The summed E-state index contributed by atoms with van der Waals surface area (Å²) in [7, 11) is 0. The van der Waals surface area contributed by atoms with Crippen molar-refractivity contribution >= 4 is 5.78 Å². The van der Waals surface area contributed by atoms with E-state index in [1.54, 1.807) is 0 Å². The Bertz CT molecular complexity index is 225. The zero-order valence-electron chi connectivity index (χ0n) is 9.55. The van der Waals surface area contributed by atoms with Gasteiger partial charge in [-0.1, -0.05) is 6.42 Å². The Balaban J connectivity index is 2.11. The fraction of sp³-hybridized carbons (Fsp3) is 0.917. The number of carbonyl (C=O) groups is 1. The highest BCUT2D eigenvalue weighted by molar-refractivity contribution is 5.85. The zero-order chi connectivity index (χ0) is 10.3. The van der Waals surface area contributed by atoms with Crippen LogP contribution in [0, 0.1) is 11.8 Å². The zero-order valence-corrected chi connectivity index (χ0v) is 9.55. The fourth-order valence-corrected chi connectivity index (χ4v) is 2.75. The van der Waals surface area contributed by atoms with Crippen molar-refractivity contribution in [2.45, 2.75) is 45.6 Å². The molecule has 0 spiro atoms. The SMILES string of the molecule is CC(C)(C)N1CC2CCC[C@@H](C1)C2=O. The quantitative estimate of drug-likeness (QED) is 0.590. The van der Waals surface area contributed by atoms with Crippen LogP contribution in [0.3, 0.4) is 0 Å². The lowest BCUT2D eigenvalue weighted by molar-refractivity contribution is -0.136. The van der Waals surface area contributed by atoms with E-state index in [2.05, 4.69) is 25.7 Å². The van der Waals surface area contributed by atoms with E-state index < -0.39 is 0 Å². The molecule has 1 saturated heterocycles. The molecule has 0 radical (unpaired) electrons. The Labute approximate surface area is 86.7 Å². The van der Waals surface area contributed by atoms with Gasteiger partial charge < -0.3 is 0 Å². The summed E-state index contributed by atoms with van der Waals surface area (Å²) < 4.78 is 0. The Kier molecular flexibility index (Phi) is 2.42. The molecule has 1 saturated carbocycles. The minimum atomic E-state index is 0.231. The molecule has 14 heavy (non-hydrogen) atoms. The molecule has 0 aromatic rings. The van der Waals surface area contributed by atoms with Gasteiger partial charge in [0, 0.05) is 30.5 Å². The van der Waals surface area contributed by atoms with E-state index in [4.69, 9.17) is 0 Å². The molecule has 2 nitrogen and oxygen atoms in total. The number of nitrogens with zero attached hydrogens (tertiary/aromatic N) is 1. The molecule has 2 heteroatoms. The summed E-state index contributed by atoms with van der Waals surface area (Å²) in [6.07, 6.45) is 3.52. The molecule has 0 N–H and O–H groups in total. The normalized spacial score (nSPS) is 34.6. The van der Waals surface area contributed by atoms with Crippen LogP contribution in [-0.2, 0) is 4.79 Å². The number of Topliss-reactive ketones (excluding diaryl/α,β-unsaturated/α-hetero) is 1. The smallest absolute Gasteiger partial charge is 0.141 e. The number of rotatable bonds is 0. The van der Waals surface area contributed by atoms with E-state index >= 15 is 0 Å².